The van der Waals surface area contributed by atoms with Gasteiger partial charge in [0.05, 0.1) is 12.2 Å². The smallest absolute Gasteiger partial charge is 0.257 e. The highest BCUT2D eigenvalue weighted by atomic mass is 16.3. The molecule has 6 nitrogen and oxygen atoms in total. The highest BCUT2D eigenvalue weighted by molar-refractivity contribution is 6.01. The highest BCUT2D eigenvalue weighted by Gasteiger charge is 2.48. The van der Waals surface area contributed by atoms with E-state index in [1.54, 1.807) is 0 Å². The van der Waals surface area contributed by atoms with Crippen LogP contribution in [-0.2, 0) is 0 Å². The minimum absolute atomic E-state index is 0.0748. The topological polar surface area (TPSA) is 72.5 Å². The third-order valence-electron chi connectivity index (χ3n) is 7.30. The largest absolute Gasteiger partial charge is 0.395 e. The van der Waals surface area contributed by atoms with Crippen molar-refractivity contribution in [2.45, 2.75) is 44.7 Å². The van der Waals surface area contributed by atoms with Crippen LogP contribution in [0.2, 0.25) is 0 Å². The van der Waals surface area contributed by atoms with Crippen molar-refractivity contribution in [1.29, 1.82) is 0 Å². The lowest BCUT2D eigenvalue weighted by Gasteiger charge is -2.56. The molecule has 4 atom stereocenters. The molecule has 0 saturated carbocycles. The lowest BCUT2D eigenvalue weighted by atomic mass is 9.72. The summed E-state index contributed by atoms with van der Waals surface area (Å²) < 4.78 is 0. The number of carbonyl (C=O) groups is 1. The summed E-state index contributed by atoms with van der Waals surface area (Å²) in [5.41, 5.74) is 3.21. The van der Waals surface area contributed by atoms with Crippen molar-refractivity contribution in [1.82, 2.24) is 20.0 Å². The second kappa shape index (κ2) is 7.58. The molecule has 3 aliphatic rings. The average molecular weight is 395 g/mol. The molecule has 6 heteroatoms. The van der Waals surface area contributed by atoms with E-state index in [-0.39, 0.29) is 18.6 Å². The number of nitrogens with zero attached hydrogens (tertiary/aromatic N) is 3. The number of likely N-dealkylation sites (tertiary alicyclic amines) is 1. The van der Waals surface area contributed by atoms with Crippen molar-refractivity contribution in [2.75, 3.05) is 26.2 Å². The molecule has 2 bridgehead atoms. The number of piperidine rings is 3. The van der Waals surface area contributed by atoms with Gasteiger partial charge in [-0.15, -0.1) is 0 Å². The minimum Gasteiger partial charge on any atom is -0.395 e. The Balaban J connectivity index is 1.44. The number of aliphatic hydroxyl groups is 1. The molecule has 3 saturated heterocycles. The molecule has 2 N–H and O–H groups in total. The number of H-pyrrole nitrogens is 1. The van der Waals surface area contributed by atoms with E-state index >= 15 is 0 Å². The summed E-state index contributed by atoms with van der Waals surface area (Å²) >= 11 is 0. The number of fused-ring (bicyclic) bond motifs is 4. The van der Waals surface area contributed by atoms with Gasteiger partial charge in [0.15, 0.2) is 0 Å². The Hall–Kier alpha value is -2.18. The van der Waals surface area contributed by atoms with Gasteiger partial charge in [0.2, 0.25) is 0 Å². The fraction of sp³-hybridized carbons (Fsp3) is 0.565. The van der Waals surface area contributed by atoms with Gasteiger partial charge < -0.3 is 10.0 Å². The van der Waals surface area contributed by atoms with E-state index in [1.165, 1.54) is 19.3 Å². The Morgan fingerprint density at radius 2 is 2.00 bits per heavy atom. The molecule has 0 unspecified atom stereocenters. The normalized spacial score (nSPS) is 29.5. The third kappa shape index (κ3) is 3.19. The van der Waals surface area contributed by atoms with Crippen LogP contribution in [-0.4, -0.2) is 69.3 Å². The molecular formula is C23H30N4O2. The summed E-state index contributed by atoms with van der Waals surface area (Å²) in [6.45, 7) is 4.75. The molecule has 4 heterocycles. The molecule has 3 aliphatic heterocycles. The van der Waals surface area contributed by atoms with Crippen LogP contribution >= 0.6 is 0 Å². The van der Waals surface area contributed by atoms with Crippen molar-refractivity contribution < 1.29 is 9.90 Å². The monoisotopic (exact) mass is 394 g/mol. The number of aromatic nitrogens is 2. The van der Waals surface area contributed by atoms with E-state index in [2.05, 4.69) is 15.1 Å². The van der Waals surface area contributed by atoms with E-state index in [9.17, 15) is 9.90 Å². The minimum atomic E-state index is 0.0748. The maximum atomic E-state index is 13.7. The fourth-order valence-electron chi connectivity index (χ4n) is 5.98. The number of hydrogen-bond acceptors (Lipinski definition) is 4. The summed E-state index contributed by atoms with van der Waals surface area (Å²) in [6.07, 6.45) is 4.80. The van der Waals surface area contributed by atoms with Crippen LogP contribution in [0.4, 0.5) is 0 Å². The summed E-state index contributed by atoms with van der Waals surface area (Å²) in [6, 6.07) is 10.6. The maximum absolute atomic E-state index is 13.7. The standard InChI is InChI=1S/C23H30N4O2/c1-15-21(22(25-24-15)16-7-3-2-4-8-16)23(29)26-12-17-11-18(13-26)20(14-28)27-10-6-5-9-19(17)27/h2-4,7-8,17-20,28H,5-6,9-14H2,1H3,(H,24,25)/t17-,18+,19+,20+/m1/s1. The van der Waals surface area contributed by atoms with Crippen LogP contribution in [0, 0.1) is 18.8 Å². The van der Waals surface area contributed by atoms with Crippen LogP contribution in [0.1, 0.15) is 41.7 Å². The molecular weight excluding hydrogens is 364 g/mol. The Morgan fingerprint density at radius 3 is 2.79 bits per heavy atom. The Kier molecular flexibility index (Phi) is 4.92. The van der Waals surface area contributed by atoms with Gasteiger partial charge in [0, 0.05) is 36.4 Å². The molecule has 0 spiro atoms. The number of hydrogen-bond donors (Lipinski definition) is 2. The summed E-state index contributed by atoms with van der Waals surface area (Å²) in [5, 5.41) is 17.6. The SMILES string of the molecule is Cc1[nH]nc(-c2ccccc2)c1C(=O)N1C[C@H]2C[C@@H](C1)[C@H](CO)N1CCCC[C@@H]21. The van der Waals surface area contributed by atoms with Crippen molar-refractivity contribution >= 4 is 5.91 Å². The van der Waals surface area contributed by atoms with Gasteiger partial charge in [-0.3, -0.25) is 14.8 Å². The summed E-state index contributed by atoms with van der Waals surface area (Å²) in [4.78, 5) is 18.2. The molecule has 2 aromatic rings. The Bertz CT molecular complexity index is 866. The van der Waals surface area contributed by atoms with Gasteiger partial charge in [-0.05, 0) is 44.6 Å². The zero-order valence-electron chi connectivity index (χ0n) is 17.1. The summed E-state index contributed by atoms with van der Waals surface area (Å²) in [5.74, 6) is 0.934. The number of benzene rings is 1. The van der Waals surface area contributed by atoms with Crippen LogP contribution in [0.3, 0.4) is 0 Å². The van der Waals surface area contributed by atoms with Crippen molar-refractivity contribution in [3.8, 4) is 11.3 Å². The van der Waals surface area contributed by atoms with Gasteiger partial charge in [-0.25, -0.2) is 0 Å². The molecule has 0 radical (unpaired) electrons. The predicted molar refractivity (Wildman–Crippen MR) is 111 cm³/mol. The number of aryl methyl sites for hydroxylation is 1. The number of amides is 1. The fourth-order valence-corrected chi connectivity index (χ4v) is 5.98. The maximum Gasteiger partial charge on any atom is 0.257 e. The van der Waals surface area contributed by atoms with Gasteiger partial charge in [0.25, 0.3) is 5.91 Å². The van der Waals surface area contributed by atoms with Crippen molar-refractivity contribution in [3.63, 3.8) is 0 Å². The lowest BCUT2D eigenvalue weighted by molar-refractivity contribution is -0.0795. The Labute approximate surface area is 171 Å². The van der Waals surface area contributed by atoms with Crippen molar-refractivity contribution in [3.05, 3.63) is 41.6 Å². The quantitative estimate of drug-likeness (QED) is 0.840. The first kappa shape index (κ1) is 18.8. The summed E-state index contributed by atoms with van der Waals surface area (Å²) in [7, 11) is 0. The van der Waals surface area contributed by atoms with Crippen LogP contribution in [0.5, 0.6) is 0 Å². The first-order chi connectivity index (χ1) is 14.2. The molecule has 1 aromatic heterocycles. The molecule has 1 aromatic carbocycles. The second-order valence-corrected chi connectivity index (χ2v) is 8.96. The van der Waals surface area contributed by atoms with E-state index in [1.807, 2.05) is 42.2 Å². The first-order valence-electron chi connectivity index (χ1n) is 10.9. The third-order valence-corrected chi connectivity index (χ3v) is 7.30. The first-order valence-corrected chi connectivity index (χ1v) is 10.9. The molecule has 5 rings (SSSR count). The molecule has 3 fully saturated rings. The van der Waals surface area contributed by atoms with Crippen LogP contribution in [0.15, 0.2) is 30.3 Å². The highest BCUT2D eigenvalue weighted by Crippen LogP contribution is 2.41. The van der Waals surface area contributed by atoms with E-state index in [4.69, 9.17) is 0 Å². The molecule has 1 amide bonds. The zero-order valence-corrected chi connectivity index (χ0v) is 17.1. The molecule has 29 heavy (non-hydrogen) atoms. The van der Waals surface area contributed by atoms with E-state index < -0.39 is 0 Å². The second-order valence-electron chi connectivity index (χ2n) is 8.96. The van der Waals surface area contributed by atoms with Crippen molar-refractivity contribution in [2.24, 2.45) is 11.8 Å². The predicted octanol–water partition coefficient (Wildman–Crippen LogP) is 2.69. The zero-order chi connectivity index (χ0) is 20.0. The number of rotatable bonds is 3. The number of nitrogens with one attached hydrogen (secondary N) is 1. The average Bonchev–Trinajstić information content (AvgIpc) is 3.15. The van der Waals surface area contributed by atoms with Gasteiger partial charge in [-0.1, -0.05) is 36.8 Å². The lowest BCUT2D eigenvalue weighted by Crippen LogP contribution is -2.65. The molecule has 154 valence electrons. The van der Waals surface area contributed by atoms with Gasteiger partial charge in [-0.2, -0.15) is 5.10 Å². The number of carbonyl (C=O) groups excluding carboxylic acids is 1. The number of aliphatic hydroxyl groups excluding tert-OH is 1. The van der Waals surface area contributed by atoms with E-state index in [0.29, 0.717) is 23.4 Å². The Morgan fingerprint density at radius 1 is 1.21 bits per heavy atom. The van der Waals surface area contributed by atoms with Gasteiger partial charge in [0.1, 0.15) is 5.69 Å². The van der Waals surface area contributed by atoms with Crippen LogP contribution < -0.4 is 0 Å². The van der Waals surface area contributed by atoms with Crippen LogP contribution in [0.25, 0.3) is 11.3 Å². The molecule has 0 aliphatic carbocycles. The number of aromatic amines is 1. The van der Waals surface area contributed by atoms with E-state index in [0.717, 1.165) is 43.0 Å². The van der Waals surface area contributed by atoms with Gasteiger partial charge >= 0.3 is 0 Å².